The average Bonchev–Trinajstić information content (AvgIpc) is 2.51. The topological polar surface area (TPSA) is 78.0 Å². The van der Waals surface area contributed by atoms with Gasteiger partial charge < -0.3 is 10.4 Å². The van der Waals surface area contributed by atoms with E-state index in [1.165, 1.54) is 6.20 Å². The highest BCUT2D eigenvalue weighted by Crippen LogP contribution is 2.01. The van der Waals surface area contributed by atoms with Crippen LogP contribution in [0.1, 0.15) is 23.0 Å². The number of aromatic nitrogens is 2. The third kappa shape index (κ3) is 2.29. The lowest BCUT2D eigenvalue weighted by Gasteiger charge is -2.09. The molecule has 3 N–H and O–H groups in total. The van der Waals surface area contributed by atoms with Crippen molar-refractivity contribution in [2.45, 2.75) is 19.9 Å². The number of aliphatic hydroxyl groups excluding tert-OH is 1. The van der Waals surface area contributed by atoms with Crippen LogP contribution in [0.25, 0.3) is 0 Å². The fraction of sp³-hybridized carbons (Fsp3) is 0.500. The lowest BCUT2D eigenvalue weighted by Crippen LogP contribution is -2.35. The van der Waals surface area contributed by atoms with E-state index in [9.17, 15) is 4.79 Å². The largest absolute Gasteiger partial charge is 0.394 e. The standard InChI is InChI=1S/C8H13N3O2/c1-5(4-12)10-8(13)7-3-9-11-6(7)2/h3,5,12H,4H2,1-2H3,(H,9,11)(H,10,13)/t5-/m1/s1. The Kier molecular flexibility index (Phi) is 3.02. The zero-order chi connectivity index (χ0) is 9.84. The van der Waals surface area contributed by atoms with Gasteiger partial charge in [0, 0.05) is 11.7 Å². The van der Waals surface area contributed by atoms with Gasteiger partial charge in [0.15, 0.2) is 0 Å². The van der Waals surface area contributed by atoms with Crippen molar-refractivity contribution in [2.75, 3.05) is 6.61 Å². The number of hydrogen-bond donors (Lipinski definition) is 3. The van der Waals surface area contributed by atoms with Crippen molar-refractivity contribution in [1.29, 1.82) is 0 Å². The van der Waals surface area contributed by atoms with Gasteiger partial charge in [0.05, 0.1) is 18.4 Å². The first-order valence-electron chi connectivity index (χ1n) is 4.07. The van der Waals surface area contributed by atoms with Gasteiger partial charge in [-0.1, -0.05) is 0 Å². The third-order valence-electron chi connectivity index (χ3n) is 1.73. The molecule has 1 heterocycles. The molecule has 0 aliphatic rings. The molecule has 0 bridgehead atoms. The Bertz CT molecular complexity index is 295. The van der Waals surface area contributed by atoms with Crippen molar-refractivity contribution in [2.24, 2.45) is 0 Å². The van der Waals surface area contributed by atoms with E-state index in [0.717, 1.165) is 5.69 Å². The molecule has 0 unspecified atom stereocenters. The van der Waals surface area contributed by atoms with Crippen molar-refractivity contribution in [3.63, 3.8) is 0 Å². The summed E-state index contributed by atoms with van der Waals surface area (Å²) in [6, 6.07) is -0.234. The summed E-state index contributed by atoms with van der Waals surface area (Å²) in [6.45, 7) is 3.43. The van der Waals surface area contributed by atoms with E-state index in [4.69, 9.17) is 5.11 Å². The van der Waals surface area contributed by atoms with Crippen LogP contribution in [0.5, 0.6) is 0 Å². The molecule has 72 valence electrons. The fourth-order valence-electron chi connectivity index (χ4n) is 0.927. The van der Waals surface area contributed by atoms with Gasteiger partial charge in [-0.2, -0.15) is 5.10 Å². The SMILES string of the molecule is Cc1[nH]ncc1C(=O)N[C@H](C)CO. The highest BCUT2D eigenvalue weighted by atomic mass is 16.3. The van der Waals surface area contributed by atoms with E-state index in [1.807, 2.05) is 0 Å². The minimum absolute atomic E-state index is 0.0668. The number of nitrogens with zero attached hydrogens (tertiary/aromatic N) is 1. The molecule has 1 rings (SSSR count). The molecule has 0 saturated heterocycles. The van der Waals surface area contributed by atoms with Crippen molar-refractivity contribution >= 4 is 5.91 Å². The van der Waals surface area contributed by atoms with Crippen LogP contribution < -0.4 is 5.32 Å². The number of amides is 1. The van der Waals surface area contributed by atoms with Crippen molar-refractivity contribution in [3.8, 4) is 0 Å². The highest BCUT2D eigenvalue weighted by molar-refractivity contribution is 5.95. The van der Waals surface area contributed by atoms with Crippen LogP contribution in [0.2, 0.25) is 0 Å². The van der Waals surface area contributed by atoms with Gasteiger partial charge in [-0.05, 0) is 13.8 Å². The Morgan fingerprint density at radius 2 is 2.54 bits per heavy atom. The summed E-state index contributed by atoms with van der Waals surface area (Å²) in [5.41, 5.74) is 1.24. The maximum absolute atomic E-state index is 11.4. The smallest absolute Gasteiger partial charge is 0.255 e. The third-order valence-corrected chi connectivity index (χ3v) is 1.73. The van der Waals surface area contributed by atoms with E-state index in [2.05, 4.69) is 15.5 Å². The Morgan fingerprint density at radius 1 is 1.85 bits per heavy atom. The molecular formula is C8H13N3O2. The highest BCUT2D eigenvalue weighted by Gasteiger charge is 2.12. The van der Waals surface area contributed by atoms with Crippen LogP contribution in [0, 0.1) is 6.92 Å². The lowest BCUT2D eigenvalue weighted by atomic mass is 10.2. The summed E-state index contributed by atoms with van der Waals surface area (Å²) in [5.74, 6) is -0.215. The lowest BCUT2D eigenvalue weighted by molar-refractivity contribution is 0.0922. The summed E-state index contributed by atoms with van der Waals surface area (Å²) in [5, 5.41) is 17.7. The zero-order valence-corrected chi connectivity index (χ0v) is 7.66. The quantitative estimate of drug-likeness (QED) is 0.608. The number of H-pyrrole nitrogens is 1. The molecule has 1 amide bonds. The minimum atomic E-state index is -0.234. The molecule has 0 fully saturated rings. The second-order valence-electron chi connectivity index (χ2n) is 2.97. The minimum Gasteiger partial charge on any atom is -0.394 e. The predicted molar refractivity (Wildman–Crippen MR) is 47.3 cm³/mol. The molecule has 0 aliphatic heterocycles. The van der Waals surface area contributed by atoms with Crippen LogP contribution in [-0.2, 0) is 0 Å². The molecule has 0 aliphatic carbocycles. The number of aliphatic hydroxyl groups is 1. The van der Waals surface area contributed by atoms with Gasteiger partial charge in [0.2, 0.25) is 0 Å². The fourth-order valence-corrected chi connectivity index (χ4v) is 0.927. The Morgan fingerprint density at radius 3 is 3.00 bits per heavy atom. The zero-order valence-electron chi connectivity index (χ0n) is 7.66. The number of rotatable bonds is 3. The predicted octanol–water partition coefficient (Wildman–Crippen LogP) is -0.171. The molecule has 5 nitrogen and oxygen atoms in total. The summed E-state index contributed by atoms with van der Waals surface area (Å²) in [7, 11) is 0. The number of carbonyl (C=O) groups excluding carboxylic acids is 1. The molecule has 0 spiro atoms. The summed E-state index contributed by atoms with van der Waals surface area (Å²) >= 11 is 0. The van der Waals surface area contributed by atoms with Crippen LogP contribution >= 0.6 is 0 Å². The Labute approximate surface area is 76.2 Å². The van der Waals surface area contributed by atoms with Crippen molar-refractivity contribution in [3.05, 3.63) is 17.5 Å². The van der Waals surface area contributed by atoms with E-state index in [-0.39, 0.29) is 18.6 Å². The first-order chi connectivity index (χ1) is 6.15. The Hall–Kier alpha value is -1.36. The van der Waals surface area contributed by atoms with Crippen LogP contribution in [0.15, 0.2) is 6.20 Å². The monoisotopic (exact) mass is 183 g/mol. The van der Waals surface area contributed by atoms with Crippen LogP contribution in [0.4, 0.5) is 0 Å². The first kappa shape index (κ1) is 9.73. The maximum atomic E-state index is 11.4. The Balaban J connectivity index is 2.64. The summed E-state index contributed by atoms with van der Waals surface area (Å²) < 4.78 is 0. The van der Waals surface area contributed by atoms with Crippen LogP contribution in [-0.4, -0.2) is 33.9 Å². The average molecular weight is 183 g/mol. The number of nitrogens with one attached hydrogen (secondary N) is 2. The van der Waals surface area contributed by atoms with E-state index < -0.39 is 0 Å². The van der Waals surface area contributed by atoms with Gasteiger partial charge in [0.1, 0.15) is 0 Å². The normalized spacial score (nSPS) is 12.5. The summed E-state index contributed by atoms with van der Waals surface area (Å²) in [4.78, 5) is 11.4. The molecule has 1 atom stereocenters. The van der Waals surface area contributed by atoms with Gasteiger partial charge in [-0.25, -0.2) is 0 Å². The molecule has 1 aromatic heterocycles. The van der Waals surface area contributed by atoms with Crippen LogP contribution in [0.3, 0.4) is 0 Å². The number of hydrogen-bond acceptors (Lipinski definition) is 3. The molecule has 0 aromatic carbocycles. The molecule has 5 heteroatoms. The van der Waals surface area contributed by atoms with Gasteiger partial charge >= 0.3 is 0 Å². The first-order valence-corrected chi connectivity index (χ1v) is 4.07. The maximum Gasteiger partial charge on any atom is 0.255 e. The van der Waals surface area contributed by atoms with Gasteiger partial charge in [0.25, 0.3) is 5.91 Å². The van der Waals surface area contributed by atoms with E-state index in [1.54, 1.807) is 13.8 Å². The molecular weight excluding hydrogens is 170 g/mol. The van der Waals surface area contributed by atoms with E-state index in [0.29, 0.717) is 5.56 Å². The second-order valence-corrected chi connectivity index (χ2v) is 2.97. The number of aryl methyl sites for hydroxylation is 1. The second kappa shape index (κ2) is 4.04. The molecule has 0 saturated carbocycles. The summed E-state index contributed by atoms with van der Waals surface area (Å²) in [6.07, 6.45) is 1.47. The molecule has 1 aromatic rings. The van der Waals surface area contributed by atoms with Crippen molar-refractivity contribution in [1.82, 2.24) is 15.5 Å². The molecule has 0 radical (unpaired) electrons. The van der Waals surface area contributed by atoms with Gasteiger partial charge in [-0.15, -0.1) is 0 Å². The number of aromatic amines is 1. The van der Waals surface area contributed by atoms with Gasteiger partial charge in [-0.3, -0.25) is 9.89 Å². The van der Waals surface area contributed by atoms with Crippen molar-refractivity contribution < 1.29 is 9.90 Å². The van der Waals surface area contributed by atoms with E-state index >= 15 is 0 Å². The number of carbonyl (C=O) groups is 1. The molecule has 13 heavy (non-hydrogen) atoms.